The van der Waals surface area contributed by atoms with Crippen LogP contribution in [0.1, 0.15) is 30.1 Å². The molecule has 0 saturated carbocycles. The van der Waals surface area contributed by atoms with Gasteiger partial charge in [-0.1, -0.05) is 30.3 Å². The first-order chi connectivity index (χ1) is 10.6. The fourth-order valence-corrected chi connectivity index (χ4v) is 2.76. The highest BCUT2D eigenvalue weighted by Gasteiger charge is 2.33. The minimum Gasteiger partial charge on any atom is -0.445 e. The van der Waals surface area contributed by atoms with Crippen LogP contribution in [0.4, 0.5) is 10.6 Å². The van der Waals surface area contributed by atoms with Gasteiger partial charge < -0.3 is 10.5 Å². The Morgan fingerprint density at radius 2 is 2.18 bits per heavy atom. The van der Waals surface area contributed by atoms with Gasteiger partial charge in [0.15, 0.2) is 0 Å². The maximum atomic E-state index is 12.3. The predicted octanol–water partition coefficient (Wildman–Crippen LogP) is 2.48. The molecule has 0 radical (unpaired) electrons. The Hall–Kier alpha value is -2.50. The summed E-state index contributed by atoms with van der Waals surface area (Å²) >= 11 is 0. The van der Waals surface area contributed by atoms with E-state index in [4.69, 9.17) is 10.5 Å². The van der Waals surface area contributed by atoms with Crippen molar-refractivity contribution >= 4 is 11.9 Å². The molecule has 116 valence electrons. The van der Waals surface area contributed by atoms with Gasteiger partial charge in [-0.05, 0) is 18.4 Å². The number of hydrogen-bond donors (Lipinski definition) is 1. The van der Waals surface area contributed by atoms with Crippen molar-refractivity contribution in [2.45, 2.75) is 25.5 Å². The first-order valence-corrected chi connectivity index (χ1v) is 7.42. The Bertz CT molecular complexity index is 634. The van der Waals surface area contributed by atoms with Crippen molar-refractivity contribution in [3.63, 3.8) is 0 Å². The summed E-state index contributed by atoms with van der Waals surface area (Å²) in [6.45, 7) is 0.974. The summed E-state index contributed by atoms with van der Waals surface area (Å²) in [4.78, 5) is 14.1. The van der Waals surface area contributed by atoms with Crippen molar-refractivity contribution < 1.29 is 9.53 Å². The molecular weight excluding hydrogens is 280 g/mol. The maximum absolute atomic E-state index is 12.3. The van der Waals surface area contributed by atoms with Crippen LogP contribution in [0.2, 0.25) is 0 Å². The number of aromatic nitrogens is 2. The quantitative estimate of drug-likeness (QED) is 0.945. The van der Waals surface area contributed by atoms with Crippen molar-refractivity contribution in [3.8, 4) is 0 Å². The Kier molecular flexibility index (Phi) is 4.00. The fourth-order valence-electron chi connectivity index (χ4n) is 2.76. The Labute approximate surface area is 129 Å². The average molecular weight is 300 g/mol. The zero-order chi connectivity index (χ0) is 15.5. The molecule has 1 amide bonds. The van der Waals surface area contributed by atoms with Crippen LogP contribution in [0, 0.1) is 0 Å². The van der Waals surface area contributed by atoms with Crippen LogP contribution >= 0.6 is 0 Å². The molecule has 0 spiro atoms. The number of rotatable bonds is 3. The van der Waals surface area contributed by atoms with E-state index < -0.39 is 0 Å². The number of benzene rings is 1. The molecular formula is C16H20N4O2. The molecule has 2 heterocycles. The third-order valence-corrected chi connectivity index (χ3v) is 3.97. The number of nitrogens with zero attached hydrogens (tertiary/aromatic N) is 3. The molecule has 2 aromatic rings. The standard InChI is InChI=1S/C16H20N4O2/c1-19-15(17)10-13(18-19)14-8-5-9-20(14)16(21)22-11-12-6-3-2-4-7-12/h2-4,6-7,10,14H,5,8-9,11,17H2,1H3/t14-/m1/s1. The van der Waals surface area contributed by atoms with E-state index in [1.54, 1.807) is 16.6 Å². The molecule has 6 nitrogen and oxygen atoms in total. The van der Waals surface area contributed by atoms with Gasteiger partial charge in [0, 0.05) is 19.7 Å². The summed E-state index contributed by atoms with van der Waals surface area (Å²) < 4.78 is 7.05. The number of nitrogen functional groups attached to an aromatic ring is 1. The lowest BCUT2D eigenvalue weighted by molar-refractivity contribution is 0.0914. The van der Waals surface area contributed by atoms with E-state index in [9.17, 15) is 4.79 Å². The van der Waals surface area contributed by atoms with E-state index in [0.29, 0.717) is 12.4 Å². The van der Waals surface area contributed by atoms with Crippen LogP contribution < -0.4 is 5.73 Å². The average Bonchev–Trinajstić information content (AvgIpc) is 3.13. The molecule has 0 bridgehead atoms. The highest BCUT2D eigenvalue weighted by Crippen LogP contribution is 2.32. The van der Waals surface area contributed by atoms with Gasteiger partial charge in [0.05, 0.1) is 11.7 Å². The van der Waals surface area contributed by atoms with Crippen molar-refractivity contribution in [1.29, 1.82) is 0 Å². The highest BCUT2D eigenvalue weighted by atomic mass is 16.6. The summed E-state index contributed by atoms with van der Waals surface area (Å²) in [5.74, 6) is 0.597. The molecule has 1 aliphatic heterocycles. The van der Waals surface area contributed by atoms with Crippen LogP contribution in [-0.4, -0.2) is 27.3 Å². The fraction of sp³-hybridized carbons (Fsp3) is 0.375. The zero-order valence-corrected chi connectivity index (χ0v) is 12.6. The van der Waals surface area contributed by atoms with Gasteiger partial charge in [0.2, 0.25) is 0 Å². The molecule has 1 aromatic heterocycles. The molecule has 0 aliphatic carbocycles. The van der Waals surface area contributed by atoms with Crippen molar-refractivity contribution in [3.05, 3.63) is 47.7 Å². The second-order valence-electron chi connectivity index (χ2n) is 5.51. The van der Waals surface area contributed by atoms with Crippen LogP contribution in [0.3, 0.4) is 0 Å². The predicted molar refractivity (Wildman–Crippen MR) is 82.9 cm³/mol. The van der Waals surface area contributed by atoms with E-state index in [2.05, 4.69) is 5.10 Å². The van der Waals surface area contributed by atoms with Gasteiger partial charge in [0.1, 0.15) is 12.4 Å². The molecule has 1 fully saturated rings. The summed E-state index contributed by atoms with van der Waals surface area (Å²) in [7, 11) is 1.80. The van der Waals surface area contributed by atoms with Gasteiger partial charge >= 0.3 is 6.09 Å². The van der Waals surface area contributed by atoms with E-state index in [-0.39, 0.29) is 18.7 Å². The Balaban J connectivity index is 1.66. The minimum atomic E-state index is -0.296. The van der Waals surface area contributed by atoms with Crippen LogP contribution in [0.15, 0.2) is 36.4 Å². The minimum absolute atomic E-state index is 0.0493. The Morgan fingerprint density at radius 1 is 1.41 bits per heavy atom. The van der Waals surface area contributed by atoms with Crippen LogP contribution in [-0.2, 0) is 18.4 Å². The van der Waals surface area contributed by atoms with E-state index in [1.165, 1.54) is 0 Å². The number of carbonyl (C=O) groups excluding carboxylic acids is 1. The van der Waals surface area contributed by atoms with E-state index in [1.807, 2.05) is 36.4 Å². The molecule has 3 rings (SSSR count). The molecule has 1 atom stereocenters. The first-order valence-electron chi connectivity index (χ1n) is 7.42. The normalized spacial score (nSPS) is 17.7. The first kappa shape index (κ1) is 14.4. The van der Waals surface area contributed by atoms with E-state index in [0.717, 1.165) is 24.1 Å². The lowest BCUT2D eigenvalue weighted by Crippen LogP contribution is -2.31. The van der Waals surface area contributed by atoms with Crippen LogP contribution in [0.5, 0.6) is 0 Å². The third kappa shape index (κ3) is 2.90. The number of ether oxygens (including phenoxy) is 1. The second-order valence-corrected chi connectivity index (χ2v) is 5.51. The molecule has 1 aliphatic rings. The number of amides is 1. The van der Waals surface area contributed by atoms with E-state index >= 15 is 0 Å². The van der Waals surface area contributed by atoms with Crippen LogP contribution in [0.25, 0.3) is 0 Å². The summed E-state index contributed by atoms with van der Waals surface area (Å²) in [5, 5.41) is 4.39. The maximum Gasteiger partial charge on any atom is 0.410 e. The lowest BCUT2D eigenvalue weighted by atomic mass is 10.1. The zero-order valence-electron chi connectivity index (χ0n) is 12.6. The number of anilines is 1. The van der Waals surface area contributed by atoms with Gasteiger partial charge in [-0.2, -0.15) is 5.10 Å². The molecule has 6 heteroatoms. The molecule has 1 saturated heterocycles. The van der Waals surface area contributed by atoms with Gasteiger partial charge in [0.25, 0.3) is 0 Å². The largest absolute Gasteiger partial charge is 0.445 e. The summed E-state index contributed by atoms with van der Waals surface area (Å²) in [6, 6.07) is 11.5. The summed E-state index contributed by atoms with van der Waals surface area (Å²) in [6.07, 6.45) is 1.54. The van der Waals surface area contributed by atoms with Gasteiger partial charge in [-0.25, -0.2) is 4.79 Å². The van der Waals surface area contributed by atoms with Gasteiger partial charge in [-0.3, -0.25) is 9.58 Å². The SMILES string of the molecule is Cn1nc([C@H]2CCCN2C(=O)OCc2ccccc2)cc1N. The smallest absolute Gasteiger partial charge is 0.410 e. The monoisotopic (exact) mass is 300 g/mol. The molecule has 1 aromatic carbocycles. The molecule has 22 heavy (non-hydrogen) atoms. The van der Waals surface area contributed by atoms with Crippen molar-refractivity contribution in [1.82, 2.24) is 14.7 Å². The molecule has 2 N–H and O–H groups in total. The highest BCUT2D eigenvalue weighted by molar-refractivity contribution is 5.68. The number of hydrogen-bond acceptors (Lipinski definition) is 4. The topological polar surface area (TPSA) is 73.4 Å². The molecule has 0 unspecified atom stereocenters. The number of nitrogens with two attached hydrogens (primary N) is 1. The summed E-state index contributed by atoms with van der Waals surface area (Å²) in [5.41, 5.74) is 7.64. The second kappa shape index (κ2) is 6.09. The lowest BCUT2D eigenvalue weighted by Gasteiger charge is -2.22. The Morgan fingerprint density at radius 3 is 2.86 bits per heavy atom. The number of likely N-dealkylation sites (tertiary alicyclic amines) is 1. The van der Waals surface area contributed by atoms with Crippen molar-refractivity contribution in [2.75, 3.05) is 12.3 Å². The number of aryl methyl sites for hydroxylation is 1. The number of carbonyl (C=O) groups is 1. The third-order valence-electron chi connectivity index (χ3n) is 3.97. The van der Waals surface area contributed by atoms with Crippen molar-refractivity contribution in [2.24, 2.45) is 7.05 Å². The van der Waals surface area contributed by atoms with Gasteiger partial charge in [-0.15, -0.1) is 0 Å².